The monoisotopic (exact) mass is 437 g/mol. The molecule has 0 spiro atoms. The van der Waals surface area contributed by atoms with Crippen molar-refractivity contribution >= 4 is 38.6 Å². The average Bonchev–Trinajstić information content (AvgIpc) is 2.97. The highest BCUT2D eigenvalue weighted by atomic mass is 79.9. The van der Waals surface area contributed by atoms with Gasteiger partial charge >= 0.3 is 0 Å². The minimum atomic E-state index is -1.63. The molecule has 3 aromatic rings. The number of aromatic nitrogens is 3. The van der Waals surface area contributed by atoms with Gasteiger partial charge in [0.2, 0.25) is 5.60 Å². The van der Waals surface area contributed by atoms with Gasteiger partial charge in [0, 0.05) is 53.4 Å². The maximum Gasteiger partial charge on any atom is 0.267 e. The van der Waals surface area contributed by atoms with Gasteiger partial charge in [0.1, 0.15) is 11.3 Å². The number of likely N-dealkylation sites (tertiary alicyclic amines) is 1. The van der Waals surface area contributed by atoms with Gasteiger partial charge in [-0.25, -0.2) is 15.0 Å². The van der Waals surface area contributed by atoms with Crippen LogP contribution >= 0.6 is 15.9 Å². The Kier molecular flexibility index (Phi) is 4.49. The third kappa shape index (κ3) is 3.19. The van der Waals surface area contributed by atoms with Gasteiger partial charge in [-0.15, -0.1) is 0 Å². The van der Waals surface area contributed by atoms with E-state index in [4.69, 9.17) is 5.73 Å². The minimum absolute atomic E-state index is 0.296. The van der Waals surface area contributed by atoms with E-state index < -0.39 is 5.60 Å². The second-order valence-electron chi connectivity index (χ2n) is 6.62. The first-order chi connectivity index (χ1) is 13.4. The number of nitrogens with two attached hydrogens (primary N) is 1. The smallest absolute Gasteiger partial charge is 0.267 e. The number of rotatable bonds is 1. The van der Waals surface area contributed by atoms with E-state index in [0.717, 1.165) is 15.4 Å². The number of carbonyl (C=O) groups is 1. The topological polar surface area (TPSA) is 105 Å². The van der Waals surface area contributed by atoms with Gasteiger partial charge in [-0.3, -0.25) is 4.79 Å². The Labute approximate surface area is 169 Å². The summed E-state index contributed by atoms with van der Waals surface area (Å²) in [5.41, 5.74) is 6.28. The molecule has 8 heteroatoms. The highest BCUT2D eigenvalue weighted by Crippen LogP contribution is 2.27. The number of anilines is 1. The van der Waals surface area contributed by atoms with Crippen LogP contribution in [-0.4, -0.2) is 50.1 Å². The van der Waals surface area contributed by atoms with E-state index >= 15 is 0 Å². The van der Waals surface area contributed by atoms with Crippen LogP contribution in [0.2, 0.25) is 0 Å². The van der Waals surface area contributed by atoms with Crippen LogP contribution in [0.4, 0.5) is 5.82 Å². The number of aliphatic hydroxyl groups is 1. The van der Waals surface area contributed by atoms with Crippen molar-refractivity contribution in [1.29, 1.82) is 0 Å². The first-order valence-electron chi connectivity index (χ1n) is 8.56. The molecule has 7 nitrogen and oxygen atoms in total. The number of pyridine rings is 1. The normalized spacial score (nSPS) is 19.0. The van der Waals surface area contributed by atoms with Gasteiger partial charge in [-0.2, -0.15) is 0 Å². The van der Waals surface area contributed by atoms with Crippen molar-refractivity contribution in [3.05, 3.63) is 46.7 Å². The molecule has 1 saturated heterocycles. The summed E-state index contributed by atoms with van der Waals surface area (Å²) >= 11 is 3.42. The minimum Gasteiger partial charge on any atom is -0.382 e. The number of nitrogens with zero attached hydrogens (tertiary/aromatic N) is 4. The second-order valence-corrected chi connectivity index (χ2v) is 7.47. The van der Waals surface area contributed by atoms with E-state index in [-0.39, 0.29) is 5.91 Å². The van der Waals surface area contributed by atoms with Crippen LogP contribution in [0.3, 0.4) is 0 Å². The van der Waals surface area contributed by atoms with Crippen molar-refractivity contribution in [2.75, 3.05) is 19.3 Å². The molecule has 2 aromatic heterocycles. The van der Waals surface area contributed by atoms with Gasteiger partial charge in [-0.1, -0.05) is 24.0 Å². The molecule has 1 atom stereocenters. The third-order valence-electron chi connectivity index (χ3n) is 4.65. The standard InChI is InChI=1S/C20H16BrN5O2/c1-26-8-7-20(28,19(26)27)6-5-12-3-2-4-13(9-12)18-24-10-14-15(21)11-23-17(22)16(14)25-18/h2-4,9-11,28H,7-8H2,1H3,(H2,22,23)/t20-/m1/s1. The molecule has 1 aromatic carbocycles. The van der Waals surface area contributed by atoms with Crippen molar-refractivity contribution in [2.24, 2.45) is 0 Å². The van der Waals surface area contributed by atoms with Crippen molar-refractivity contribution in [3.8, 4) is 23.2 Å². The fraction of sp³-hybridized carbons (Fsp3) is 0.200. The molecule has 3 heterocycles. The number of halogens is 1. The molecule has 1 aliphatic heterocycles. The SMILES string of the molecule is CN1CC[C@](O)(C#Cc2cccc(-c3ncc4c(Br)cnc(N)c4n3)c2)C1=O. The van der Waals surface area contributed by atoms with Crippen LogP contribution in [0.25, 0.3) is 22.3 Å². The van der Waals surface area contributed by atoms with Crippen molar-refractivity contribution in [1.82, 2.24) is 19.9 Å². The first kappa shape index (κ1) is 18.3. The lowest BCUT2D eigenvalue weighted by atomic mass is 10.0. The fourth-order valence-electron chi connectivity index (χ4n) is 3.03. The summed E-state index contributed by atoms with van der Waals surface area (Å²) in [6, 6.07) is 7.29. The average molecular weight is 438 g/mol. The number of hydrogen-bond donors (Lipinski definition) is 2. The molecule has 4 rings (SSSR count). The lowest BCUT2D eigenvalue weighted by Crippen LogP contribution is -2.37. The van der Waals surface area contributed by atoms with E-state index in [1.807, 2.05) is 18.2 Å². The Morgan fingerprint density at radius 3 is 2.89 bits per heavy atom. The van der Waals surface area contributed by atoms with Crippen LogP contribution in [0.1, 0.15) is 12.0 Å². The zero-order chi connectivity index (χ0) is 19.9. The number of fused-ring (bicyclic) bond motifs is 1. The number of nitrogen functional groups attached to an aromatic ring is 1. The molecule has 28 heavy (non-hydrogen) atoms. The summed E-state index contributed by atoms with van der Waals surface area (Å²) in [4.78, 5) is 26.6. The molecule has 1 aliphatic rings. The molecule has 1 fully saturated rings. The number of hydrogen-bond acceptors (Lipinski definition) is 6. The summed E-state index contributed by atoms with van der Waals surface area (Å²) < 4.78 is 0.766. The summed E-state index contributed by atoms with van der Waals surface area (Å²) in [7, 11) is 1.65. The molecular formula is C20H16BrN5O2. The largest absolute Gasteiger partial charge is 0.382 e. The van der Waals surface area contributed by atoms with Crippen molar-refractivity contribution in [2.45, 2.75) is 12.0 Å². The lowest BCUT2D eigenvalue weighted by Gasteiger charge is -2.13. The van der Waals surface area contributed by atoms with Crippen molar-refractivity contribution < 1.29 is 9.90 Å². The Balaban J connectivity index is 1.71. The van der Waals surface area contributed by atoms with Crippen LogP contribution in [0.5, 0.6) is 0 Å². The van der Waals surface area contributed by atoms with Gasteiger partial charge in [0.25, 0.3) is 5.91 Å². The highest BCUT2D eigenvalue weighted by molar-refractivity contribution is 9.10. The van der Waals surface area contributed by atoms with Gasteiger partial charge < -0.3 is 15.7 Å². The Bertz CT molecular complexity index is 1170. The number of likely N-dealkylation sites (N-methyl/N-ethyl adjacent to an activating group) is 1. The number of amides is 1. The molecule has 0 unspecified atom stereocenters. The maximum atomic E-state index is 12.1. The molecule has 0 bridgehead atoms. The summed E-state index contributed by atoms with van der Waals surface area (Å²) in [6.07, 6.45) is 3.60. The van der Waals surface area contributed by atoms with E-state index in [1.165, 1.54) is 4.90 Å². The summed E-state index contributed by atoms with van der Waals surface area (Å²) in [5, 5.41) is 11.2. The molecule has 0 saturated carbocycles. The van der Waals surface area contributed by atoms with E-state index in [2.05, 4.69) is 42.7 Å². The molecular weight excluding hydrogens is 422 g/mol. The van der Waals surface area contributed by atoms with Crippen molar-refractivity contribution in [3.63, 3.8) is 0 Å². The summed E-state index contributed by atoms with van der Waals surface area (Å²) in [6.45, 7) is 0.486. The number of carbonyl (C=O) groups excluding carboxylic acids is 1. The van der Waals surface area contributed by atoms with Crippen LogP contribution in [0, 0.1) is 11.8 Å². The van der Waals surface area contributed by atoms with E-state index in [0.29, 0.717) is 35.7 Å². The van der Waals surface area contributed by atoms with Gasteiger partial charge in [0.15, 0.2) is 5.82 Å². The summed E-state index contributed by atoms with van der Waals surface area (Å²) in [5.74, 6) is 6.05. The molecule has 3 N–H and O–H groups in total. The van der Waals surface area contributed by atoms with E-state index in [1.54, 1.807) is 25.5 Å². The maximum absolute atomic E-state index is 12.1. The second kappa shape index (κ2) is 6.86. The van der Waals surface area contributed by atoms with E-state index in [9.17, 15) is 9.90 Å². The zero-order valence-electron chi connectivity index (χ0n) is 15.0. The lowest BCUT2D eigenvalue weighted by molar-refractivity contribution is -0.137. The quantitative estimate of drug-likeness (QED) is 0.563. The molecule has 140 valence electrons. The predicted octanol–water partition coefficient (Wildman–Crippen LogP) is 1.98. The molecule has 0 aliphatic carbocycles. The van der Waals surface area contributed by atoms with Crippen LogP contribution in [0.15, 0.2) is 41.1 Å². The Hall–Kier alpha value is -3.02. The first-order valence-corrected chi connectivity index (χ1v) is 9.35. The van der Waals surface area contributed by atoms with Gasteiger partial charge in [0.05, 0.1) is 0 Å². The third-order valence-corrected chi connectivity index (χ3v) is 5.28. The molecule has 0 radical (unpaired) electrons. The molecule has 1 amide bonds. The van der Waals surface area contributed by atoms with Gasteiger partial charge in [-0.05, 0) is 28.1 Å². The fourth-order valence-corrected chi connectivity index (χ4v) is 3.42. The Morgan fingerprint density at radius 2 is 2.14 bits per heavy atom. The van der Waals surface area contributed by atoms with Crippen LogP contribution < -0.4 is 5.73 Å². The zero-order valence-corrected chi connectivity index (χ0v) is 16.6. The number of benzene rings is 1. The van der Waals surface area contributed by atoms with Crippen LogP contribution in [-0.2, 0) is 4.79 Å². The predicted molar refractivity (Wildman–Crippen MR) is 109 cm³/mol. The highest BCUT2D eigenvalue weighted by Gasteiger charge is 2.42. The Morgan fingerprint density at radius 1 is 1.32 bits per heavy atom.